The zero-order valence-electron chi connectivity index (χ0n) is 36.8. The van der Waals surface area contributed by atoms with Crippen LogP contribution in [0.1, 0.15) is 85.0 Å². The van der Waals surface area contributed by atoms with Crippen LogP contribution in [-0.4, -0.2) is 171 Å². The molecular formula is C46H72O18. The second-order valence-electron chi connectivity index (χ2n) is 17.4. The minimum absolute atomic E-state index is 0.0899. The van der Waals surface area contributed by atoms with Gasteiger partial charge in [0.1, 0.15) is 24.2 Å². The van der Waals surface area contributed by atoms with Gasteiger partial charge in [0.2, 0.25) is 0 Å². The number of aliphatic hydroxyl groups excluding tert-OH is 10. The molecular weight excluding hydrogens is 840 g/mol. The second kappa shape index (κ2) is 27.5. The molecule has 3 rings (SSSR count). The summed E-state index contributed by atoms with van der Waals surface area (Å²) >= 11 is 0. The summed E-state index contributed by atoms with van der Waals surface area (Å²) in [6.45, 7) is 4.93. The Labute approximate surface area is 374 Å². The summed E-state index contributed by atoms with van der Waals surface area (Å²) in [7, 11) is 0. The number of rotatable bonds is 3. The van der Waals surface area contributed by atoms with Crippen molar-refractivity contribution in [3.63, 3.8) is 0 Å². The molecule has 0 saturated carbocycles. The van der Waals surface area contributed by atoms with Gasteiger partial charge in [0.05, 0.1) is 74.1 Å². The molecule has 18 atom stereocenters. The maximum atomic E-state index is 12.4. The van der Waals surface area contributed by atoms with Crippen molar-refractivity contribution in [3.05, 3.63) is 72.9 Å². The van der Waals surface area contributed by atoms with Gasteiger partial charge >= 0.3 is 11.9 Å². The summed E-state index contributed by atoms with van der Waals surface area (Å²) < 4.78 is 22.7. The molecule has 18 nitrogen and oxygen atoms in total. The predicted octanol–water partition coefficient (Wildman–Crippen LogP) is 0.581. The number of carbonyl (C=O) groups is 2. The Morgan fingerprint density at radius 1 is 0.672 bits per heavy atom. The van der Waals surface area contributed by atoms with Crippen LogP contribution in [0.15, 0.2) is 72.9 Å². The van der Waals surface area contributed by atoms with Crippen LogP contribution in [0.3, 0.4) is 0 Å². The SMILES string of the molecule is C[C@@H]1/C=C/C=C/CC/C=C/C=C/C=C/C=C/[C@H](O[C@@H]2O[C@H](C)[C@@H](O)[C@H](O)[C@@H]2O)C[C@H]2O[C@](O)(C[C@@H](O)[C@H]2C(=O)O)C[C@H](O)[C@H](O)CC[C@H](O)C[C@H](O)C[C@H](O)CC(=O)OC[C@H](C)[C@@H]1O. The zero-order valence-corrected chi connectivity index (χ0v) is 36.8. The summed E-state index contributed by atoms with van der Waals surface area (Å²) in [5.74, 6) is -6.84. The van der Waals surface area contributed by atoms with Crippen molar-refractivity contribution in [1.82, 2.24) is 0 Å². The van der Waals surface area contributed by atoms with Crippen LogP contribution in [0.2, 0.25) is 0 Å². The van der Waals surface area contributed by atoms with E-state index in [4.69, 9.17) is 18.9 Å². The number of hydrogen-bond donors (Lipinski definition) is 12. The number of aliphatic hydroxyl groups is 11. The molecule has 0 amide bonds. The van der Waals surface area contributed by atoms with Gasteiger partial charge in [0.15, 0.2) is 12.1 Å². The zero-order chi connectivity index (χ0) is 47.6. The first-order valence-electron chi connectivity index (χ1n) is 22.1. The maximum absolute atomic E-state index is 12.4. The molecule has 0 unspecified atom stereocenters. The van der Waals surface area contributed by atoms with Gasteiger partial charge in [-0.3, -0.25) is 9.59 Å². The Kier molecular flexibility index (Phi) is 23.7. The molecule has 3 aliphatic rings. The van der Waals surface area contributed by atoms with Crippen molar-refractivity contribution in [2.45, 2.75) is 176 Å². The Balaban J connectivity index is 1.83. The Morgan fingerprint density at radius 2 is 1.27 bits per heavy atom. The number of cyclic esters (lactones) is 1. The highest BCUT2D eigenvalue weighted by Gasteiger charge is 2.51. The van der Waals surface area contributed by atoms with Gasteiger partial charge in [-0.15, -0.1) is 0 Å². The first kappa shape index (κ1) is 55.1. The highest BCUT2D eigenvalue weighted by atomic mass is 16.7. The molecule has 64 heavy (non-hydrogen) atoms. The van der Waals surface area contributed by atoms with Crippen LogP contribution in [0.5, 0.6) is 0 Å². The van der Waals surface area contributed by atoms with Crippen LogP contribution < -0.4 is 0 Å². The maximum Gasteiger partial charge on any atom is 0.311 e. The van der Waals surface area contributed by atoms with Crippen molar-refractivity contribution >= 4 is 11.9 Å². The molecule has 0 radical (unpaired) electrons. The molecule has 12 N–H and O–H groups in total. The van der Waals surface area contributed by atoms with E-state index in [1.54, 1.807) is 37.3 Å². The topological polar surface area (TPSA) is 314 Å². The van der Waals surface area contributed by atoms with E-state index < -0.39 is 134 Å². The molecule has 18 heteroatoms. The van der Waals surface area contributed by atoms with E-state index >= 15 is 0 Å². The Hall–Kier alpha value is -3.18. The third-order valence-corrected chi connectivity index (χ3v) is 11.6. The monoisotopic (exact) mass is 912 g/mol. The van der Waals surface area contributed by atoms with Crippen LogP contribution in [0, 0.1) is 17.8 Å². The largest absolute Gasteiger partial charge is 0.481 e. The average molecular weight is 913 g/mol. The van der Waals surface area contributed by atoms with E-state index in [9.17, 15) is 70.9 Å². The van der Waals surface area contributed by atoms with Crippen LogP contribution in [0.4, 0.5) is 0 Å². The number of carbonyl (C=O) groups excluding carboxylic acids is 1. The lowest BCUT2D eigenvalue weighted by atomic mass is 9.82. The fraction of sp³-hybridized carbons (Fsp3) is 0.696. The molecule has 3 aliphatic heterocycles. The molecule has 2 bridgehead atoms. The molecule has 0 aliphatic carbocycles. The lowest BCUT2D eigenvalue weighted by Gasteiger charge is -2.45. The number of carboxylic acid groups (broad SMARTS) is 1. The first-order chi connectivity index (χ1) is 30.2. The Bertz CT molecular complexity index is 1580. The van der Waals surface area contributed by atoms with Gasteiger partial charge in [0.25, 0.3) is 0 Å². The molecule has 0 spiro atoms. The minimum Gasteiger partial charge on any atom is -0.481 e. The van der Waals surface area contributed by atoms with Gasteiger partial charge in [0, 0.05) is 31.1 Å². The summed E-state index contributed by atoms with van der Waals surface area (Å²) in [6.07, 6.45) is 0.221. The van der Waals surface area contributed by atoms with Gasteiger partial charge in [-0.25, -0.2) is 0 Å². The number of carboxylic acids is 1. The minimum atomic E-state index is -2.37. The fourth-order valence-electron chi connectivity index (χ4n) is 7.84. The third-order valence-electron chi connectivity index (χ3n) is 11.6. The van der Waals surface area contributed by atoms with Crippen LogP contribution in [0.25, 0.3) is 0 Å². The van der Waals surface area contributed by atoms with E-state index in [-0.39, 0.29) is 44.6 Å². The number of esters is 1. The van der Waals surface area contributed by atoms with Gasteiger partial charge in [-0.05, 0) is 45.4 Å². The van der Waals surface area contributed by atoms with E-state index in [1.165, 1.54) is 13.0 Å². The third kappa shape index (κ3) is 18.6. The van der Waals surface area contributed by atoms with Crippen LogP contribution >= 0.6 is 0 Å². The molecule has 364 valence electrons. The lowest BCUT2D eigenvalue weighted by Crippen LogP contribution is -2.58. The van der Waals surface area contributed by atoms with Gasteiger partial charge in [-0.2, -0.15) is 0 Å². The number of ether oxygens (including phenoxy) is 4. The normalized spacial score (nSPS) is 44.6. The molecule has 2 fully saturated rings. The van der Waals surface area contributed by atoms with Crippen molar-refractivity contribution < 1.29 is 89.8 Å². The van der Waals surface area contributed by atoms with Gasteiger partial charge in [-0.1, -0.05) is 86.8 Å². The summed E-state index contributed by atoms with van der Waals surface area (Å²) in [6, 6.07) is 0. The first-order valence-corrected chi connectivity index (χ1v) is 22.1. The van der Waals surface area contributed by atoms with Crippen LogP contribution in [-0.2, 0) is 28.5 Å². The fourth-order valence-corrected chi connectivity index (χ4v) is 7.84. The number of allylic oxidation sites excluding steroid dienone is 10. The summed E-state index contributed by atoms with van der Waals surface area (Å²) in [5, 5.41) is 128. The van der Waals surface area contributed by atoms with Gasteiger partial charge < -0.3 is 80.2 Å². The van der Waals surface area contributed by atoms with E-state index in [2.05, 4.69) is 0 Å². The highest BCUT2D eigenvalue weighted by molar-refractivity contribution is 5.71. The van der Waals surface area contributed by atoms with Crippen molar-refractivity contribution in [2.24, 2.45) is 17.8 Å². The van der Waals surface area contributed by atoms with E-state index in [0.717, 1.165) is 12.8 Å². The number of hydrogen-bond acceptors (Lipinski definition) is 17. The Morgan fingerprint density at radius 3 is 1.94 bits per heavy atom. The summed E-state index contributed by atoms with van der Waals surface area (Å²) in [5.41, 5.74) is 0. The molecule has 0 aromatic rings. The molecule has 0 aromatic carbocycles. The lowest BCUT2D eigenvalue weighted by molar-refractivity contribution is -0.316. The quantitative estimate of drug-likeness (QED) is 0.172. The smallest absolute Gasteiger partial charge is 0.311 e. The standard InChI is InChI=1S/C46H72O18/c1-27-16-14-12-10-8-6-4-5-7-9-11-13-15-17-33(63-45-43(57)42(56)41(55)29(3)62-45)23-37-39(44(58)59)36(52)25-46(60,64-37)24-35(51)34(50)19-18-30(47)20-31(48)21-32(49)22-38(53)61-26-28(2)40(27)54/h4-5,7,9-17,27-37,39-43,45,47-52,54-57,60H,6,8,18-26H2,1-3H3,(H,58,59)/b5-4+,9-7+,12-10+,13-11+,16-14+,17-15+/t27-,28+,29-,30+,31+,32+,33+,34-,35+,36-,37-,39-,40-,41-,42+,43+,45+,46+/m1/s1. The number of aliphatic carboxylic acids is 1. The second-order valence-corrected chi connectivity index (χ2v) is 17.4. The molecule has 0 aromatic heterocycles. The average Bonchev–Trinajstić information content (AvgIpc) is 3.21. The van der Waals surface area contributed by atoms with Crippen molar-refractivity contribution in [2.75, 3.05) is 6.61 Å². The van der Waals surface area contributed by atoms with Crippen molar-refractivity contribution in [1.29, 1.82) is 0 Å². The number of fused-ring (bicyclic) bond motifs is 2. The molecule has 2 saturated heterocycles. The predicted molar refractivity (Wildman–Crippen MR) is 231 cm³/mol. The highest BCUT2D eigenvalue weighted by Crippen LogP contribution is 2.38. The molecule has 3 heterocycles. The van der Waals surface area contributed by atoms with E-state index in [0.29, 0.717) is 0 Å². The summed E-state index contributed by atoms with van der Waals surface area (Å²) in [4.78, 5) is 24.8. The van der Waals surface area contributed by atoms with Crippen molar-refractivity contribution in [3.8, 4) is 0 Å². The van der Waals surface area contributed by atoms with E-state index in [1.807, 2.05) is 43.4 Å².